The van der Waals surface area contributed by atoms with Crippen LogP contribution in [0, 0.1) is 0 Å². The molecule has 5 heteroatoms. The fourth-order valence-electron chi connectivity index (χ4n) is 1.85. The minimum Gasteiger partial charge on any atom is -0.384 e. The largest absolute Gasteiger partial charge is 0.384 e. The molecule has 2 rings (SSSR count). The first kappa shape index (κ1) is 13.8. The van der Waals surface area contributed by atoms with Crippen LogP contribution < -0.4 is 11.1 Å². The van der Waals surface area contributed by atoms with Crippen molar-refractivity contribution < 1.29 is 0 Å². The summed E-state index contributed by atoms with van der Waals surface area (Å²) in [6.45, 7) is 6.27. The Balaban J connectivity index is 2.05. The fourth-order valence-corrected chi connectivity index (χ4v) is 2.69. The number of hydrogen-bond donors (Lipinski definition) is 2. The standard InChI is InChI=1S/C14H20N4S/c1-9(2)14-17-12(15)8-13(18-14)16-10(3)7-11-5-4-6-19-11/h4-6,8-10H,7H2,1-3H3,(H3,15,16,17,18). The van der Waals surface area contributed by atoms with E-state index in [0.717, 1.165) is 18.1 Å². The summed E-state index contributed by atoms with van der Waals surface area (Å²) >= 11 is 1.78. The first-order valence-corrected chi connectivity index (χ1v) is 7.36. The molecule has 1 atom stereocenters. The number of nitrogens with one attached hydrogen (secondary N) is 1. The predicted octanol–water partition coefficient (Wildman–Crippen LogP) is 3.29. The lowest BCUT2D eigenvalue weighted by Crippen LogP contribution is -2.19. The van der Waals surface area contributed by atoms with E-state index >= 15 is 0 Å². The van der Waals surface area contributed by atoms with E-state index in [-0.39, 0.29) is 5.92 Å². The van der Waals surface area contributed by atoms with Gasteiger partial charge in [0.15, 0.2) is 0 Å². The number of nitrogens with two attached hydrogens (primary N) is 1. The van der Waals surface area contributed by atoms with Crippen LogP contribution in [-0.2, 0) is 6.42 Å². The van der Waals surface area contributed by atoms with Crippen molar-refractivity contribution in [1.29, 1.82) is 0 Å². The molecule has 0 fully saturated rings. The van der Waals surface area contributed by atoms with Crippen LogP contribution in [-0.4, -0.2) is 16.0 Å². The van der Waals surface area contributed by atoms with Gasteiger partial charge in [-0.25, -0.2) is 9.97 Å². The van der Waals surface area contributed by atoms with Gasteiger partial charge in [-0.15, -0.1) is 11.3 Å². The van der Waals surface area contributed by atoms with Crippen molar-refractivity contribution in [3.8, 4) is 0 Å². The molecule has 0 aliphatic heterocycles. The van der Waals surface area contributed by atoms with Crippen molar-refractivity contribution >= 4 is 23.0 Å². The molecule has 0 aliphatic rings. The maximum Gasteiger partial charge on any atom is 0.135 e. The number of thiophene rings is 1. The summed E-state index contributed by atoms with van der Waals surface area (Å²) in [5, 5.41) is 5.49. The third-order valence-corrected chi connectivity index (χ3v) is 3.66. The van der Waals surface area contributed by atoms with Crippen molar-refractivity contribution in [3.63, 3.8) is 0 Å². The third kappa shape index (κ3) is 3.92. The molecule has 0 saturated carbocycles. The van der Waals surface area contributed by atoms with E-state index in [4.69, 9.17) is 5.73 Å². The van der Waals surface area contributed by atoms with Gasteiger partial charge in [-0.3, -0.25) is 0 Å². The molecule has 19 heavy (non-hydrogen) atoms. The molecule has 2 aromatic rings. The van der Waals surface area contributed by atoms with Gasteiger partial charge in [-0.1, -0.05) is 19.9 Å². The van der Waals surface area contributed by atoms with Crippen LogP contribution in [0.1, 0.15) is 37.4 Å². The van der Waals surface area contributed by atoms with Crippen LogP contribution in [0.25, 0.3) is 0 Å². The number of nitrogen functional groups attached to an aromatic ring is 1. The van der Waals surface area contributed by atoms with E-state index in [1.54, 1.807) is 17.4 Å². The van der Waals surface area contributed by atoms with Gasteiger partial charge < -0.3 is 11.1 Å². The first-order valence-electron chi connectivity index (χ1n) is 6.48. The van der Waals surface area contributed by atoms with Crippen molar-refractivity contribution in [2.45, 2.75) is 39.2 Å². The molecule has 0 saturated heterocycles. The van der Waals surface area contributed by atoms with Gasteiger partial charge >= 0.3 is 0 Å². The first-order chi connectivity index (χ1) is 9.04. The average Bonchev–Trinajstić information content (AvgIpc) is 2.80. The van der Waals surface area contributed by atoms with E-state index in [2.05, 4.69) is 53.6 Å². The molecule has 3 N–H and O–H groups in total. The molecule has 0 spiro atoms. The van der Waals surface area contributed by atoms with Crippen LogP contribution >= 0.6 is 11.3 Å². The smallest absolute Gasteiger partial charge is 0.135 e. The highest BCUT2D eigenvalue weighted by Crippen LogP contribution is 2.17. The van der Waals surface area contributed by atoms with Gasteiger partial charge in [0.2, 0.25) is 0 Å². The van der Waals surface area contributed by atoms with E-state index in [9.17, 15) is 0 Å². The Morgan fingerprint density at radius 1 is 1.32 bits per heavy atom. The van der Waals surface area contributed by atoms with Crippen LogP contribution in [0.2, 0.25) is 0 Å². The minimum absolute atomic E-state index is 0.275. The van der Waals surface area contributed by atoms with Crippen molar-refractivity contribution in [1.82, 2.24) is 9.97 Å². The normalized spacial score (nSPS) is 12.6. The lowest BCUT2D eigenvalue weighted by Gasteiger charge is -2.15. The molecular formula is C14H20N4S. The quantitative estimate of drug-likeness (QED) is 0.879. The average molecular weight is 276 g/mol. The van der Waals surface area contributed by atoms with Crippen LogP contribution in [0.15, 0.2) is 23.6 Å². The Bertz CT molecular complexity index is 522. The molecule has 0 aromatic carbocycles. The second kappa shape index (κ2) is 6.02. The highest BCUT2D eigenvalue weighted by molar-refractivity contribution is 7.09. The Hall–Kier alpha value is -1.62. The molecule has 1 unspecified atom stereocenters. The molecular weight excluding hydrogens is 256 g/mol. The molecule has 4 nitrogen and oxygen atoms in total. The second-order valence-corrected chi connectivity index (χ2v) is 6.05. The lowest BCUT2D eigenvalue weighted by molar-refractivity contribution is 0.759. The zero-order valence-electron chi connectivity index (χ0n) is 11.6. The summed E-state index contributed by atoms with van der Waals surface area (Å²) < 4.78 is 0. The Kier molecular flexibility index (Phi) is 4.37. The second-order valence-electron chi connectivity index (χ2n) is 5.02. The zero-order valence-corrected chi connectivity index (χ0v) is 12.4. The number of aromatic nitrogens is 2. The Morgan fingerprint density at radius 2 is 2.11 bits per heavy atom. The molecule has 2 heterocycles. The minimum atomic E-state index is 0.275. The van der Waals surface area contributed by atoms with Crippen LogP contribution in [0.4, 0.5) is 11.6 Å². The van der Waals surface area contributed by atoms with Crippen molar-refractivity contribution in [2.24, 2.45) is 0 Å². The zero-order chi connectivity index (χ0) is 13.8. The molecule has 0 bridgehead atoms. The van der Waals surface area contributed by atoms with E-state index in [0.29, 0.717) is 11.9 Å². The summed E-state index contributed by atoms with van der Waals surface area (Å²) in [5.74, 6) is 2.38. The SMILES string of the molecule is CC(Cc1cccs1)Nc1cc(N)nc(C(C)C)n1. The number of anilines is 2. The lowest BCUT2D eigenvalue weighted by atomic mass is 10.2. The van der Waals surface area contributed by atoms with Gasteiger partial charge in [0, 0.05) is 29.3 Å². The van der Waals surface area contributed by atoms with Gasteiger partial charge in [0.25, 0.3) is 0 Å². The summed E-state index contributed by atoms with van der Waals surface area (Å²) in [5.41, 5.74) is 5.82. The van der Waals surface area contributed by atoms with Crippen LogP contribution in [0.5, 0.6) is 0 Å². The maximum absolute atomic E-state index is 5.82. The summed E-state index contributed by atoms with van der Waals surface area (Å²) in [6.07, 6.45) is 0.985. The van der Waals surface area contributed by atoms with Gasteiger partial charge in [-0.2, -0.15) is 0 Å². The molecule has 0 aliphatic carbocycles. The van der Waals surface area contributed by atoms with E-state index in [1.165, 1.54) is 4.88 Å². The molecule has 2 aromatic heterocycles. The Morgan fingerprint density at radius 3 is 2.74 bits per heavy atom. The van der Waals surface area contributed by atoms with E-state index in [1.807, 2.05) is 0 Å². The van der Waals surface area contributed by atoms with Crippen LogP contribution in [0.3, 0.4) is 0 Å². The van der Waals surface area contributed by atoms with E-state index < -0.39 is 0 Å². The monoisotopic (exact) mass is 276 g/mol. The number of rotatable bonds is 5. The molecule has 0 amide bonds. The highest BCUT2D eigenvalue weighted by Gasteiger charge is 2.09. The topological polar surface area (TPSA) is 63.8 Å². The number of nitrogens with zero attached hydrogens (tertiary/aromatic N) is 2. The van der Waals surface area contributed by atoms with Gasteiger partial charge in [0.1, 0.15) is 17.5 Å². The van der Waals surface area contributed by atoms with Crippen molar-refractivity contribution in [2.75, 3.05) is 11.1 Å². The summed E-state index contributed by atoms with van der Waals surface area (Å²) in [4.78, 5) is 10.1. The van der Waals surface area contributed by atoms with Crippen molar-refractivity contribution in [3.05, 3.63) is 34.3 Å². The maximum atomic E-state index is 5.82. The summed E-state index contributed by atoms with van der Waals surface area (Å²) in [6, 6.07) is 6.33. The third-order valence-electron chi connectivity index (χ3n) is 2.76. The number of hydrogen-bond acceptors (Lipinski definition) is 5. The molecule has 0 radical (unpaired) electrons. The van der Waals surface area contributed by atoms with Gasteiger partial charge in [-0.05, 0) is 18.4 Å². The predicted molar refractivity (Wildman–Crippen MR) is 81.6 cm³/mol. The van der Waals surface area contributed by atoms with Gasteiger partial charge in [0.05, 0.1) is 0 Å². The highest BCUT2D eigenvalue weighted by atomic mass is 32.1. The summed E-state index contributed by atoms with van der Waals surface area (Å²) in [7, 11) is 0. The Labute approximate surface area is 118 Å². The molecule has 102 valence electrons. The fraction of sp³-hybridized carbons (Fsp3) is 0.429.